The maximum absolute atomic E-state index is 14.2. The average Bonchev–Trinajstić information content (AvgIpc) is 1.14. The maximum Gasteiger partial charge on any atom is 0.315 e. The molecule has 6 unspecified atom stereocenters. The second-order valence-electron chi connectivity index (χ2n) is 27.5. The average molecular weight is 1450 g/mol. The van der Waals surface area contributed by atoms with E-state index in [1.807, 2.05) is 35.1 Å². The van der Waals surface area contributed by atoms with E-state index in [1.165, 1.54) is 6.07 Å². The summed E-state index contributed by atoms with van der Waals surface area (Å²) in [6.45, 7) is 14.0. The first-order chi connectivity index (χ1) is 49.2. The van der Waals surface area contributed by atoms with Crippen molar-refractivity contribution in [1.29, 1.82) is 0 Å². The van der Waals surface area contributed by atoms with Gasteiger partial charge in [0.15, 0.2) is 6.04 Å². The number of carbonyl (C=O) groups excluding carboxylic acids is 7. The number of nitrogens with zero attached hydrogens (tertiary/aromatic N) is 6. The number of nitrogens with two attached hydrogens (primary N) is 1. The van der Waals surface area contributed by atoms with Gasteiger partial charge in [-0.1, -0.05) is 12.8 Å². The molecule has 7 heterocycles. The van der Waals surface area contributed by atoms with Gasteiger partial charge < -0.3 is 91.8 Å². The lowest BCUT2D eigenvalue weighted by Gasteiger charge is -2.34. The highest BCUT2D eigenvalue weighted by molar-refractivity contribution is 8.00. The molecule has 6 atom stereocenters. The Labute approximate surface area is 603 Å². The van der Waals surface area contributed by atoms with Crippen LogP contribution in [0.15, 0.2) is 18.2 Å². The molecule has 1 aliphatic carbocycles. The summed E-state index contributed by atoms with van der Waals surface area (Å²) in [5.74, 6) is 2.86. The Balaban J connectivity index is 0.645. The highest BCUT2D eigenvalue weighted by Crippen LogP contribution is 2.38. The van der Waals surface area contributed by atoms with Crippen molar-refractivity contribution in [3.8, 4) is 0 Å². The second-order valence-corrected chi connectivity index (χ2v) is 30.0. The summed E-state index contributed by atoms with van der Waals surface area (Å²) >= 11 is 3.78. The van der Waals surface area contributed by atoms with Crippen molar-refractivity contribution in [3.05, 3.63) is 35.2 Å². The number of benzene rings is 1. The minimum absolute atomic E-state index is 0.0436. The summed E-state index contributed by atoms with van der Waals surface area (Å²) < 4.78 is 36.2. The quantitative estimate of drug-likeness (QED) is 0.0195. The smallest absolute Gasteiger partial charge is 0.315 e. The molecule has 0 radical (unpaired) electrons. The molecule has 6 aliphatic heterocycles. The Kier molecular flexibility index (Phi) is 33.7. The van der Waals surface area contributed by atoms with E-state index in [2.05, 4.69) is 64.4 Å². The standard InChI is InChI=1S/C70H112N16O13S2/c1-84(2)54-21-29-86(30-22-54)68-82-63(81-67(83-68)85-27-19-52(71)20-28-85)48-15-17-49(18-16-48)66(91)76-53-44-50(64(89)74-25-9-33-96-37-41-98-39-35-94-31-7-23-72-59(87)13-5-3-11-57-61-55(46-100-57)77-69(92)79-61)43-51(45-53)65(90)75-26-10-34-97-38-42-99-40-36-95-32-8-24-73-60(88)14-6-4-12-58-62-56(47-101-58)78-70(93)80-62/h43-45,48-49,52,54-58,61-62H,1,3-42,46-47,71H2,2H3,(H8-,72,73,74,75,76,77,78,79,80,87,88,89,90,91,92,93)/p+1. The largest absolute Gasteiger partial charge is 0.379 e. The maximum atomic E-state index is 14.2. The molecule has 0 bridgehead atoms. The predicted molar refractivity (Wildman–Crippen MR) is 390 cm³/mol. The molecule has 31 heteroatoms. The number of unbranched alkanes of at least 4 members (excludes halogenated alkanes) is 2. The number of hydrogen-bond donors (Lipinski definition) is 10. The summed E-state index contributed by atoms with van der Waals surface area (Å²) in [4.78, 5) is 109. The lowest BCUT2D eigenvalue weighted by Crippen LogP contribution is -2.42. The molecule has 1 saturated carbocycles. The summed E-state index contributed by atoms with van der Waals surface area (Å²) in [7, 11) is 2.02. The molecule has 2 aromatic rings. The van der Waals surface area contributed by atoms with Crippen molar-refractivity contribution >= 4 is 89.4 Å². The number of aromatic nitrogens is 3. The minimum Gasteiger partial charge on any atom is -0.379 e. The third-order valence-corrected chi connectivity index (χ3v) is 22.8. The Morgan fingerprint density at radius 3 is 1.39 bits per heavy atom. The fraction of sp³-hybridized carbons (Fsp3) is 0.757. The minimum atomic E-state index is -0.397. The van der Waals surface area contributed by atoms with Crippen LogP contribution in [-0.4, -0.2) is 265 Å². The Morgan fingerprint density at radius 2 is 0.950 bits per heavy atom. The van der Waals surface area contributed by atoms with E-state index >= 15 is 0 Å². The lowest BCUT2D eigenvalue weighted by molar-refractivity contribution is -0.532. The van der Waals surface area contributed by atoms with Gasteiger partial charge >= 0.3 is 12.1 Å². The molecule has 1 aromatic carbocycles. The van der Waals surface area contributed by atoms with E-state index < -0.39 is 11.8 Å². The van der Waals surface area contributed by atoms with Gasteiger partial charge in [0, 0.05) is 161 Å². The van der Waals surface area contributed by atoms with Crippen LogP contribution in [0.5, 0.6) is 0 Å². The van der Waals surface area contributed by atoms with Crippen molar-refractivity contribution in [1.82, 2.24) is 57.5 Å². The van der Waals surface area contributed by atoms with Gasteiger partial charge in [0.1, 0.15) is 19.6 Å². The van der Waals surface area contributed by atoms with Crippen LogP contribution in [0.2, 0.25) is 0 Å². The first kappa shape index (κ1) is 78.9. The zero-order chi connectivity index (χ0) is 71.0. The molecular formula is C70H113N16O13S2+. The number of ether oxygens (including phenoxy) is 6. The van der Waals surface area contributed by atoms with Gasteiger partial charge in [0.05, 0.1) is 77.0 Å². The summed E-state index contributed by atoms with van der Waals surface area (Å²) in [5.41, 5.74) is 7.09. The zero-order valence-corrected chi connectivity index (χ0v) is 60.9. The van der Waals surface area contributed by atoms with Crippen molar-refractivity contribution in [2.45, 2.75) is 181 Å². The number of amides is 9. The van der Waals surface area contributed by atoms with E-state index in [9.17, 15) is 33.6 Å². The monoisotopic (exact) mass is 1450 g/mol. The molecule has 11 N–H and O–H groups in total. The van der Waals surface area contributed by atoms with Gasteiger partial charge in [-0.15, -0.1) is 0 Å². The fourth-order valence-corrected chi connectivity index (χ4v) is 16.9. The molecule has 7 fully saturated rings. The molecule has 562 valence electrons. The second kappa shape index (κ2) is 43.2. The number of nitrogens with one attached hydrogen (secondary N) is 9. The van der Waals surface area contributed by atoms with Crippen LogP contribution in [0.25, 0.3) is 0 Å². The Hall–Kier alpha value is -6.19. The number of urea groups is 2. The fourth-order valence-electron chi connectivity index (χ4n) is 13.8. The van der Waals surface area contributed by atoms with Crippen LogP contribution in [0.4, 0.5) is 27.2 Å². The normalized spacial score (nSPS) is 22.8. The first-order valence-electron chi connectivity index (χ1n) is 37.2. The van der Waals surface area contributed by atoms with E-state index in [4.69, 9.17) is 49.1 Å². The molecule has 9 amide bonds. The molecule has 9 rings (SSSR count). The summed E-state index contributed by atoms with van der Waals surface area (Å²) in [6.07, 6.45) is 15.3. The van der Waals surface area contributed by atoms with E-state index in [0.717, 1.165) is 108 Å². The molecule has 101 heavy (non-hydrogen) atoms. The lowest BCUT2D eigenvalue weighted by atomic mass is 9.81. The molecule has 6 saturated heterocycles. The van der Waals surface area contributed by atoms with E-state index in [-0.39, 0.29) is 83.0 Å². The van der Waals surface area contributed by atoms with E-state index in [0.29, 0.717) is 204 Å². The van der Waals surface area contributed by atoms with Gasteiger partial charge in [0.2, 0.25) is 29.6 Å². The third kappa shape index (κ3) is 26.8. The van der Waals surface area contributed by atoms with Gasteiger partial charge in [-0.25, -0.2) is 14.2 Å². The van der Waals surface area contributed by atoms with Crippen LogP contribution in [0.3, 0.4) is 0 Å². The van der Waals surface area contributed by atoms with Gasteiger partial charge in [-0.2, -0.15) is 38.5 Å². The van der Waals surface area contributed by atoms with Gasteiger partial charge in [0.25, 0.3) is 11.8 Å². The predicted octanol–water partition coefficient (Wildman–Crippen LogP) is 3.83. The third-order valence-electron chi connectivity index (χ3n) is 19.7. The highest BCUT2D eigenvalue weighted by atomic mass is 32.2. The van der Waals surface area contributed by atoms with Crippen molar-refractivity contribution < 1.29 is 66.6 Å². The van der Waals surface area contributed by atoms with Crippen LogP contribution >= 0.6 is 23.5 Å². The molecule has 0 spiro atoms. The first-order valence-corrected chi connectivity index (χ1v) is 39.3. The molecule has 7 aliphatic rings. The van der Waals surface area contributed by atoms with Gasteiger partial charge in [-0.05, 0) is 108 Å². The van der Waals surface area contributed by atoms with Crippen LogP contribution in [0, 0.1) is 5.92 Å². The molecular weight excluding hydrogens is 1340 g/mol. The van der Waals surface area contributed by atoms with Crippen LogP contribution in [0.1, 0.15) is 161 Å². The molecule has 1 aromatic heterocycles. The number of piperidine rings is 2. The zero-order valence-electron chi connectivity index (χ0n) is 59.3. The van der Waals surface area contributed by atoms with Crippen LogP contribution < -0.4 is 63.4 Å². The molecule has 29 nitrogen and oxygen atoms in total. The number of fused-ring (bicyclic) bond motifs is 2. The summed E-state index contributed by atoms with van der Waals surface area (Å²) in [5, 5.41) is 27.7. The number of thioether (sulfide) groups is 2. The summed E-state index contributed by atoms with van der Waals surface area (Å²) in [6, 6.07) is 5.97. The Morgan fingerprint density at radius 1 is 0.535 bits per heavy atom. The van der Waals surface area contributed by atoms with Crippen molar-refractivity contribution in [3.63, 3.8) is 0 Å². The van der Waals surface area contributed by atoms with Gasteiger partial charge in [-0.3, -0.25) is 24.0 Å². The highest BCUT2D eigenvalue weighted by Gasteiger charge is 2.44. The number of rotatable bonds is 46. The Bertz CT molecular complexity index is 2840. The number of carbonyl (C=O) groups is 7. The topological polar surface area (TPSA) is 357 Å². The van der Waals surface area contributed by atoms with Crippen LogP contribution in [-0.2, 0) is 42.8 Å². The van der Waals surface area contributed by atoms with Crippen molar-refractivity contribution in [2.75, 3.05) is 165 Å². The van der Waals surface area contributed by atoms with E-state index in [1.54, 1.807) is 12.1 Å². The SMILES string of the molecule is C=[N+](C)C1CCN(c2nc(C3CCC(C(=O)Nc4cc(C(=O)NCCCOCCOCCOCCCNC(=O)CCCCC5SCC6NC(=O)NC65)cc(C(=O)NCCCOCCOCCOCCCNC(=O)CCCCC5SCC6NC(=O)NC65)c4)CC3)nc(N3CCC(N)CC3)n2)CC1. The number of anilines is 3. The van der Waals surface area contributed by atoms with Crippen molar-refractivity contribution in [2.24, 2.45) is 11.7 Å². The number of hydrogen-bond acceptors (Lipinski definition) is 21.